The van der Waals surface area contributed by atoms with Crippen molar-refractivity contribution in [1.82, 2.24) is 34.9 Å². The van der Waals surface area contributed by atoms with Crippen LogP contribution in [-0.2, 0) is 0 Å². The summed E-state index contributed by atoms with van der Waals surface area (Å²) in [7, 11) is 1.67. The fourth-order valence-corrected chi connectivity index (χ4v) is 13.3. The van der Waals surface area contributed by atoms with Crippen LogP contribution in [0.5, 0.6) is 5.75 Å². The molecule has 0 amide bonds. The second-order valence-corrected chi connectivity index (χ2v) is 23.9. The highest BCUT2D eigenvalue weighted by atomic mass is 16.5. The minimum atomic E-state index is 0.570. The van der Waals surface area contributed by atoms with E-state index in [1.165, 1.54) is 21.5 Å². The Morgan fingerprint density at radius 3 is 1.32 bits per heavy atom. The van der Waals surface area contributed by atoms with E-state index in [4.69, 9.17) is 48.5 Å². The zero-order chi connectivity index (χ0) is 63.6. The first-order chi connectivity index (χ1) is 47.4. The quantitative estimate of drug-likeness (QED) is 0.109. The van der Waals surface area contributed by atoms with Gasteiger partial charge in [0, 0.05) is 61.3 Å². The number of hydrogen-bond acceptors (Lipinski definition) is 10. The van der Waals surface area contributed by atoms with Gasteiger partial charge < -0.3 is 13.6 Å². The van der Waals surface area contributed by atoms with E-state index in [2.05, 4.69) is 212 Å². The van der Waals surface area contributed by atoms with Gasteiger partial charge in [-0.05, 0) is 133 Å². The second kappa shape index (κ2) is 23.3. The van der Waals surface area contributed by atoms with Crippen molar-refractivity contribution in [2.75, 3.05) is 7.11 Å². The van der Waals surface area contributed by atoms with Crippen LogP contribution in [0, 0.1) is 0 Å². The van der Waals surface area contributed by atoms with Gasteiger partial charge in [0.05, 0.1) is 18.2 Å². The molecular formula is C86H53N7O3. The van der Waals surface area contributed by atoms with E-state index >= 15 is 0 Å². The molecule has 0 atom stereocenters. The number of benzene rings is 13. The van der Waals surface area contributed by atoms with Gasteiger partial charge in [-0.1, -0.05) is 231 Å². The maximum Gasteiger partial charge on any atom is 0.164 e. The predicted molar refractivity (Wildman–Crippen MR) is 387 cm³/mol. The molecule has 0 radical (unpaired) electrons. The van der Waals surface area contributed by atoms with Gasteiger partial charge in [-0.15, -0.1) is 0 Å². The number of fused-ring (bicyclic) bond motifs is 9. The van der Waals surface area contributed by atoms with Crippen LogP contribution in [-0.4, -0.2) is 42.0 Å². The Labute approximate surface area is 551 Å². The summed E-state index contributed by atoms with van der Waals surface area (Å²) in [6.07, 6.45) is 1.79. The Morgan fingerprint density at radius 2 is 0.688 bits per heavy atom. The van der Waals surface area contributed by atoms with Crippen LogP contribution < -0.4 is 4.74 Å². The van der Waals surface area contributed by atoms with Crippen LogP contribution >= 0.6 is 0 Å². The zero-order valence-corrected chi connectivity index (χ0v) is 51.7. The first-order valence-electron chi connectivity index (χ1n) is 31.8. The number of rotatable bonds is 12. The van der Waals surface area contributed by atoms with Crippen LogP contribution in [0.3, 0.4) is 0 Å². The summed E-state index contributed by atoms with van der Waals surface area (Å²) in [5.74, 6) is 4.31. The van der Waals surface area contributed by atoms with E-state index in [1.54, 1.807) is 13.3 Å². The summed E-state index contributed by atoms with van der Waals surface area (Å²) >= 11 is 0. The molecular weight excluding hydrogens is 1180 g/mol. The van der Waals surface area contributed by atoms with E-state index in [1.807, 2.05) is 84.9 Å². The van der Waals surface area contributed by atoms with Crippen LogP contribution in [0.2, 0.25) is 0 Å². The van der Waals surface area contributed by atoms with Crippen molar-refractivity contribution in [3.8, 4) is 130 Å². The number of furan rings is 2. The number of ether oxygens (including phenoxy) is 1. The molecule has 5 heterocycles. The molecule has 10 nitrogen and oxygen atoms in total. The lowest BCUT2D eigenvalue weighted by Gasteiger charge is -2.13. The Bertz CT molecular complexity index is 6050. The Hall–Kier alpha value is -13.1. The molecule has 13 aromatic carbocycles. The SMILES string of the molecule is COc1ccc2oc3ccnc(-c4ccc(-c5ccc(-c6nc(-c7ccccc7)nc(-c7cccc(-c8ccc9c(c8)oc8ccc(-c%10ccc(-c%11nc(-c%12ccccc%12)nc(-c%12cccc(-c%13cc%14ccccc%14c%14ccccc%13%14)c%12)n%11)cc%10)cc89)c7)n6)cc5)cc4)c3c2c1. The van der Waals surface area contributed by atoms with E-state index in [-0.39, 0.29) is 0 Å². The minimum Gasteiger partial charge on any atom is -0.497 e. The zero-order valence-electron chi connectivity index (χ0n) is 51.7. The molecule has 96 heavy (non-hydrogen) atoms. The van der Waals surface area contributed by atoms with Gasteiger partial charge in [0.15, 0.2) is 34.9 Å². The summed E-state index contributed by atoms with van der Waals surface area (Å²) < 4.78 is 18.4. The normalized spacial score (nSPS) is 11.6. The van der Waals surface area contributed by atoms with Gasteiger partial charge in [0.1, 0.15) is 28.1 Å². The van der Waals surface area contributed by atoms with E-state index in [9.17, 15) is 0 Å². The Kier molecular flexibility index (Phi) is 13.5. The molecule has 0 unspecified atom stereocenters. The van der Waals surface area contributed by atoms with Gasteiger partial charge in [-0.3, -0.25) is 4.98 Å². The van der Waals surface area contributed by atoms with Crippen LogP contribution in [0.15, 0.2) is 312 Å². The average molecular weight is 1230 g/mol. The molecule has 0 aliphatic heterocycles. The maximum absolute atomic E-state index is 6.62. The molecule has 5 aromatic heterocycles. The van der Waals surface area contributed by atoms with Crippen molar-refractivity contribution in [2.45, 2.75) is 0 Å². The number of nitrogens with zero attached hydrogens (tertiary/aromatic N) is 7. The topological polar surface area (TPSA) is 126 Å². The molecule has 10 heteroatoms. The number of aromatic nitrogens is 7. The highest BCUT2D eigenvalue weighted by Crippen LogP contribution is 2.41. The molecule has 0 aliphatic carbocycles. The second-order valence-electron chi connectivity index (χ2n) is 23.9. The van der Waals surface area contributed by atoms with Crippen molar-refractivity contribution in [1.29, 1.82) is 0 Å². The largest absolute Gasteiger partial charge is 0.497 e. The maximum atomic E-state index is 6.62. The molecule has 0 bridgehead atoms. The highest BCUT2D eigenvalue weighted by molar-refractivity contribution is 6.14. The Balaban J connectivity index is 0.621. The molecule has 0 saturated carbocycles. The van der Waals surface area contributed by atoms with Crippen LogP contribution in [0.1, 0.15) is 0 Å². The third-order valence-corrected chi connectivity index (χ3v) is 18.2. The molecule has 0 spiro atoms. The average Bonchev–Trinajstić information content (AvgIpc) is 1.27. The van der Waals surface area contributed by atoms with Crippen LogP contribution in [0.4, 0.5) is 0 Å². The van der Waals surface area contributed by atoms with Crippen molar-refractivity contribution in [3.05, 3.63) is 303 Å². The lowest BCUT2D eigenvalue weighted by atomic mass is 9.92. The van der Waals surface area contributed by atoms with Gasteiger partial charge in [-0.2, -0.15) is 0 Å². The van der Waals surface area contributed by atoms with E-state index < -0.39 is 0 Å². The van der Waals surface area contributed by atoms with Crippen LogP contribution in [0.25, 0.3) is 190 Å². The minimum absolute atomic E-state index is 0.570. The first kappa shape index (κ1) is 55.8. The molecule has 0 fully saturated rings. The molecule has 18 rings (SSSR count). The highest BCUT2D eigenvalue weighted by Gasteiger charge is 2.20. The predicted octanol–water partition coefficient (Wildman–Crippen LogP) is 21.9. The first-order valence-corrected chi connectivity index (χ1v) is 31.8. The van der Waals surface area contributed by atoms with Gasteiger partial charge in [-0.25, -0.2) is 29.9 Å². The summed E-state index contributed by atoms with van der Waals surface area (Å²) in [4.78, 5) is 35.5. The lowest BCUT2D eigenvalue weighted by molar-refractivity contribution is 0.415. The molecule has 0 saturated heterocycles. The van der Waals surface area contributed by atoms with Crippen molar-refractivity contribution in [2.24, 2.45) is 0 Å². The van der Waals surface area contributed by atoms with E-state index in [0.717, 1.165) is 139 Å². The number of methoxy groups -OCH3 is 1. The number of pyridine rings is 1. The summed E-state index contributed by atoms with van der Waals surface area (Å²) in [6, 6.07) is 102. The third-order valence-electron chi connectivity index (χ3n) is 18.2. The van der Waals surface area contributed by atoms with Crippen molar-refractivity contribution < 1.29 is 13.6 Å². The van der Waals surface area contributed by atoms with Gasteiger partial charge in [0.25, 0.3) is 0 Å². The molecule has 450 valence electrons. The number of hydrogen-bond donors (Lipinski definition) is 0. The molecule has 0 N–H and O–H groups in total. The molecule has 18 aromatic rings. The lowest BCUT2D eigenvalue weighted by Crippen LogP contribution is -2.00. The van der Waals surface area contributed by atoms with E-state index in [0.29, 0.717) is 34.9 Å². The van der Waals surface area contributed by atoms with Gasteiger partial charge >= 0.3 is 0 Å². The summed E-state index contributed by atoms with van der Waals surface area (Å²) in [5.41, 5.74) is 18.9. The fourth-order valence-electron chi connectivity index (χ4n) is 13.3. The fraction of sp³-hybridized carbons (Fsp3) is 0.0116. The molecule has 0 aliphatic rings. The van der Waals surface area contributed by atoms with Crippen molar-refractivity contribution >= 4 is 65.4 Å². The van der Waals surface area contributed by atoms with Crippen molar-refractivity contribution in [3.63, 3.8) is 0 Å². The standard InChI is InChI=1S/C86H53N7O3/c1-94-67-40-43-76-74(51-67)79-77(95-76)44-45-87-80(79)55-32-26-52(27-33-55)53-28-34-58(35-29-53)83-88-81(56-14-4-2-5-15-56)90-85(92-83)65-21-12-19-60(46-65)62-38-41-71-73-48-61(39-42-75(73)96-78(71)50-62)54-30-36-59(37-31-54)84-89-82(57-16-6-3-7-17-57)91-86(93-84)66-22-13-20-63(47-66)72-49-64-18-8-9-23-68(64)69-24-10-11-25-70(69)72/h2-51H,1H3. The Morgan fingerprint density at radius 1 is 0.250 bits per heavy atom. The monoisotopic (exact) mass is 1230 g/mol. The third kappa shape index (κ3) is 10.1. The van der Waals surface area contributed by atoms with Gasteiger partial charge in [0.2, 0.25) is 0 Å². The summed E-state index contributed by atoms with van der Waals surface area (Å²) in [6.45, 7) is 0. The summed E-state index contributed by atoms with van der Waals surface area (Å²) in [5, 5.41) is 8.84. The smallest absolute Gasteiger partial charge is 0.164 e.